The summed E-state index contributed by atoms with van der Waals surface area (Å²) in [5, 5.41) is 3.95. The second kappa shape index (κ2) is 7.03. The standard InChI is InChI=1S/C19H17P.Ru/c1-20(17-11-5-2-6-12-17,18-13-7-3-8-14-18)19-15-9-4-10-16-19;/h2-16H,1H2;. The molecule has 0 heterocycles. The Morgan fingerprint density at radius 1 is 0.476 bits per heavy atom. The van der Waals surface area contributed by atoms with Crippen LogP contribution in [0.5, 0.6) is 0 Å². The number of hydrogen-bond donors (Lipinski definition) is 0. The molecule has 0 aromatic heterocycles. The summed E-state index contributed by atoms with van der Waals surface area (Å²) in [4.78, 5) is 0. The van der Waals surface area contributed by atoms with E-state index in [2.05, 4.69) is 91.0 Å². The Labute approximate surface area is 139 Å². The van der Waals surface area contributed by atoms with E-state index in [1.807, 2.05) is 0 Å². The largest absolute Gasteiger partial charge is 0.0887 e. The minimum atomic E-state index is -1.78. The first-order valence-corrected chi connectivity index (χ1v) is 8.69. The number of hydrogen-bond acceptors (Lipinski definition) is 0. The Bertz CT molecular complexity index is 618. The predicted molar refractivity (Wildman–Crippen MR) is 92.3 cm³/mol. The van der Waals surface area contributed by atoms with Gasteiger partial charge in [-0.05, 0) is 22.8 Å². The third-order valence-corrected chi connectivity index (χ3v) is 7.13. The molecule has 0 N–H and O–H groups in total. The Balaban J connectivity index is 0.00000161. The van der Waals surface area contributed by atoms with Crippen molar-refractivity contribution in [2.45, 2.75) is 0 Å². The summed E-state index contributed by atoms with van der Waals surface area (Å²) < 4.78 is 0. The molecular weight excluding hydrogens is 360 g/mol. The molecule has 0 nitrogen and oxygen atoms in total. The fourth-order valence-corrected chi connectivity index (χ4v) is 5.43. The summed E-state index contributed by atoms with van der Waals surface area (Å²) in [6, 6.07) is 31.9. The van der Waals surface area contributed by atoms with Crippen LogP contribution >= 0.6 is 6.89 Å². The summed E-state index contributed by atoms with van der Waals surface area (Å²) >= 11 is 0. The van der Waals surface area contributed by atoms with Crippen LogP contribution in [0.1, 0.15) is 0 Å². The molecule has 0 fully saturated rings. The zero-order valence-electron chi connectivity index (χ0n) is 11.7. The summed E-state index contributed by atoms with van der Waals surface area (Å²) in [6.07, 6.45) is 4.69. The van der Waals surface area contributed by atoms with Crippen molar-refractivity contribution in [1.29, 1.82) is 0 Å². The first-order valence-electron chi connectivity index (χ1n) is 6.72. The molecule has 0 saturated heterocycles. The monoisotopic (exact) mass is 378 g/mol. The molecule has 0 saturated carbocycles. The molecule has 2 heteroatoms. The van der Waals surface area contributed by atoms with Gasteiger partial charge in [-0.15, -0.1) is 0 Å². The summed E-state index contributed by atoms with van der Waals surface area (Å²) in [7, 11) is 0. The van der Waals surface area contributed by atoms with Crippen molar-refractivity contribution in [2.75, 3.05) is 0 Å². The van der Waals surface area contributed by atoms with E-state index in [9.17, 15) is 0 Å². The molecule has 0 bridgehead atoms. The number of benzene rings is 3. The van der Waals surface area contributed by atoms with Crippen molar-refractivity contribution in [3.05, 3.63) is 91.0 Å². The molecule has 0 aliphatic rings. The minimum Gasteiger partial charge on any atom is -0.0887 e. The van der Waals surface area contributed by atoms with E-state index in [1.165, 1.54) is 15.9 Å². The van der Waals surface area contributed by atoms with Crippen molar-refractivity contribution in [3.8, 4) is 0 Å². The quantitative estimate of drug-likeness (QED) is 0.485. The molecule has 3 rings (SSSR count). The first kappa shape index (κ1) is 16.0. The first-order chi connectivity index (χ1) is 9.82. The fourth-order valence-electron chi connectivity index (χ4n) is 2.49. The Morgan fingerprint density at radius 3 is 0.952 bits per heavy atom. The van der Waals surface area contributed by atoms with E-state index < -0.39 is 6.89 Å². The normalized spacial score (nSPS) is 10.7. The molecule has 0 radical (unpaired) electrons. The molecule has 3 aromatic carbocycles. The zero-order valence-corrected chi connectivity index (χ0v) is 14.3. The van der Waals surface area contributed by atoms with Crippen molar-refractivity contribution >= 4 is 29.1 Å². The molecule has 106 valence electrons. The van der Waals surface area contributed by atoms with Crippen LogP contribution in [0.4, 0.5) is 0 Å². The maximum atomic E-state index is 4.69. The van der Waals surface area contributed by atoms with Gasteiger partial charge in [0.1, 0.15) is 0 Å². The van der Waals surface area contributed by atoms with Crippen molar-refractivity contribution in [2.24, 2.45) is 0 Å². The average Bonchev–Trinajstić information content (AvgIpc) is 2.56. The molecule has 21 heavy (non-hydrogen) atoms. The van der Waals surface area contributed by atoms with Gasteiger partial charge in [-0.2, -0.15) is 0 Å². The Kier molecular flexibility index (Phi) is 5.35. The van der Waals surface area contributed by atoms with E-state index >= 15 is 0 Å². The molecule has 3 aromatic rings. The third-order valence-electron chi connectivity index (χ3n) is 3.59. The van der Waals surface area contributed by atoms with Crippen LogP contribution < -0.4 is 15.9 Å². The zero-order chi connectivity index (χ0) is 13.8. The van der Waals surface area contributed by atoms with Crippen LogP contribution in [0.2, 0.25) is 0 Å². The van der Waals surface area contributed by atoms with Gasteiger partial charge in [-0.3, -0.25) is 0 Å². The molecule has 0 spiro atoms. The topological polar surface area (TPSA) is 0 Å². The molecular formula is C19H17PRu. The Morgan fingerprint density at radius 2 is 0.714 bits per heavy atom. The van der Waals surface area contributed by atoms with E-state index in [4.69, 9.17) is 6.30 Å². The predicted octanol–water partition coefficient (Wildman–Crippen LogP) is 3.41. The van der Waals surface area contributed by atoms with Gasteiger partial charge in [0, 0.05) is 19.5 Å². The van der Waals surface area contributed by atoms with Crippen molar-refractivity contribution in [1.82, 2.24) is 0 Å². The van der Waals surface area contributed by atoms with Crippen molar-refractivity contribution in [3.63, 3.8) is 0 Å². The van der Waals surface area contributed by atoms with Crippen LogP contribution in [-0.4, -0.2) is 6.30 Å². The van der Waals surface area contributed by atoms with Gasteiger partial charge in [0.05, 0.1) is 0 Å². The van der Waals surface area contributed by atoms with Crippen LogP contribution in [-0.2, 0) is 19.5 Å². The van der Waals surface area contributed by atoms with E-state index in [-0.39, 0.29) is 19.5 Å². The molecule has 0 aliphatic heterocycles. The van der Waals surface area contributed by atoms with Crippen LogP contribution in [0, 0.1) is 0 Å². The summed E-state index contributed by atoms with van der Waals surface area (Å²) in [6.45, 7) is -1.78. The van der Waals surface area contributed by atoms with Crippen LogP contribution in [0.3, 0.4) is 0 Å². The van der Waals surface area contributed by atoms with Crippen LogP contribution in [0.15, 0.2) is 91.0 Å². The minimum absolute atomic E-state index is 0. The molecule has 0 aliphatic carbocycles. The third kappa shape index (κ3) is 3.10. The molecule has 0 unspecified atom stereocenters. The van der Waals surface area contributed by atoms with E-state index in [0.717, 1.165) is 0 Å². The molecule has 0 amide bonds. The second-order valence-corrected chi connectivity index (χ2v) is 7.99. The smallest absolute Gasteiger partial charge is 0 e. The maximum absolute atomic E-state index is 4.69. The van der Waals surface area contributed by atoms with Gasteiger partial charge in [-0.1, -0.05) is 97.3 Å². The Hall–Kier alpha value is -1.42. The van der Waals surface area contributed by atoms with Gasteiger partial charge in [-0.25, -0.2) is 0 Å². The number of rotatable bonds is 3. The summed E-state index contributed by atoms with van der Waals surface area (Å²) in [5.41, 5.74) is 0. The van der Waals surface area contributed by atoms with Gasteiger partial charge in [0.25, 0.3) is 0 Å². The van der Waals surface area contributed by atoms with E-state index in [0.29, 0.717) is 0 Å². The van der Waals surface area contributed by atoms with E-state index in [1.54, 1.807) is 0 Å². The second-order valence-electron chi connectivity index (χ2n) is 4.82. The van der Waals surface area contributed by atoms with Gasteiger partial charge >= 0.3 is 0 Å². The summed E-state index contributed by atoms with van der Waals surface area (Å²) in [5.74, 6) is 0. The van der Waals surface area contributed by atoms with Gasteiger partial charge in [0.2, 0.25) is 0 Å². The molecule has 0 atom stereocenters. The van der Waals surface area contributed by atoms with Gasteiger partial charge in [0.15, 0.2) is 0 Å². The average molecular weight is 377 g/mol. The van der Waals surface area contributed by atoms with Gasteiger partial charge < -0.3 is 0 Å². The van der Waals surface area contributed by atoms with Crippen LogP contribution in [0.25, 0.3) is 0 Å². The maximum Gasteiger partial charge on any atom is 0 e. The van der Waals surface area contributed by atoms with Crippen molar-refractivity contribution < 1.29 is 19.5 Å². The SMILES string of the molecule is C=P(c1ccccc1)(c1ccccc1)c1ccccc1.[Ru]. The fraction of sp³-hybridized carbons (Fsp3) is 0.